The van der Waals surface area contributed by atoms with Crippen LogP contribution in [0, 0.1) is 5.82 Å². The zero-order chi connectivity index (χ0) is 19.0. The highest BCUT2D eigenvalue weighted by molar-refractivity contribution is 5.99. The SMILES string of the molecule is COc1ccc(C(=O)N2CCC(n3nnc4c3CCCC4)CC2)c(N)c1F. The van der Waals surface area contributed by atoms with Crippen LogP contribution in [0.5, 0.6) is 5.75 Å². The Labute approximate surface area is 157 Å². The van der Waals surface area contributed by atoms with Gasteiger partial charge in [0.15, 0.2) is 11.6 Å². The lowest BCUT2D eigenvalue weighted by Gasteiger charge is -2.33. The third-order valence-electron chi connectivity index (χ3n) is 5.64. The summed E-state index contributed by atoms with van der Waals surface area (Å²) >= 11 is 0. The van der Waals surface area contributed by atoms with E-state index < -0.39 is 5.82 Å². The predicted octanol–water partition coefficient (Wildman–Crippen LogP) is 2.36. The average molecular weight is 373 g/mol. The van der Waals surface area contributed by atoms with Crippen LogP contribution in [0.2, 0.25) is 0 Å². The summed E-state index contributed by atoms with van der Waals surface area (Å²) in [5.41, 5.74) is 8.23. The minimum Gasteiger partial charge on any atom is -0.494 e. The van der Waals surface area contributed by atoms with Crippen LogP contribution in [0.4, 0.5) is 10.1 Å². The minimum absolute atomic E-state index is 0.0405. The number of nitrogen functional groups attached to an aromatic ring is 1. The summed E-state index contributed by atoms with van der Waals surface area (Å²) in [7, 11) is 1.37. The molecule has 0 unspecified atom stereocenters. The number of benzene rings is 1. The molecule has 1 fully saturated rings. The second-order valence-electron chi connectivity index (χ2n) is 7.20. The van der Waals surface area contributed by atoms with Crippen molar-refractivity contribution in [2.24, 2.45) is 0 Å². The van der Waals surface area contributed by atoms with E-state index in [1.165, 1.54) is 37.8 Å². The summed E-state index contributed by atoms with van der Waals surface area (Å²) in [4.78, 5) is 14.5. The van der Waals surface area contributed by atoms with Crippen molar-refractivity contribution >= 4 is 11.6 Å². The highest BCUT2D eigenvalue weighted by Crippen LogP contribution is 2.30. The third-order valence-corrected chi connectivity index (χ3v) is 5.64. The van der Waals surface area contributed by atoms with Gasteiger partial charge in [0.2, 0.25) is 0 Å². The van der Waals surface area contributed by atoms with E-state index in [-0.39, 0.29) is 28.9 Å². The summed E-state index contributed by atoms with van der Waals surface area (Å²) in [6, 6.07) is 3.22. The molecular weight excluding hydrogens is 349 g/mol. The summed E-state index contributed by atoms with van der Waals surface area (Å²) < 4.78 is 21.1. The summed E-state index contributed by atoms with van der Waals surface area (Å²) in [5.74, 6) is -0.890. The van der Waals surface area contributed by atoms with E-state index in [0.717, 1.165) is 31.4 Å². The van der Waals surface area contributed by atoms with Crippen LogP contribution in [-0.2, 0) is 12.8 Å². The normalized spacial score (nSPS) is 17.6. The number of piperidine rings is 1. The predicted molar refractivity (Wildman–Crippen MR) is 98.2 cm³/mol. The van der Waals surface area contributed by atoms with E-state index in [9.17, 15) is 9.18 Å². The molecule has 0 atom stereocenters. The van der Waals surface area contributed by atoms with Gasteiger partial charge in [-0.3, -0.25) is 4.79 Å². The molecule has 0 bridgehead atoms. The van der Waals surface area contributed by atoms with E-state index in [0.29, 0.717) is 13.1 Å². The van der Waals surface area contributed by atoms with E-state index in [2.05, 4.69) is 15.0 Å². The van der Waals surface area contributed by atoms with Crippen molar-refractivity contribution in [2.45, 2.75) is 44.6 Å². The number of nitrogens with zero attached hydrogens (tertiary/aromatic N) is 4. The molecule has 2 heterocycles. The number of ether oxygens (including phenoxy) is 1. The maximum Gasteiger partial charge on any atom is 0.256 e. The van der Waals surface area contributed by atoms with Crippen molar-refractivity contribution in [3.8, 4) is 5.75 Å². The Morgan fingerprint density at radius 1 is 1.26 bits per heavy atom. The Morgan fingerprint density at radius 2 is 2.00 bits per heavy atom. The molecule has 1 aromatic carbocycles. The highest BCUT2D eigenvalue weighted by Gasteiger charge is 2.29. The van der Waals surface area contributed by atoms with E-state index in [4.69, 9.17) is 10.5 Å². The molecule has 1 aliphatic carbocycles. The molecule has 1 aromatic heterocycles. The van der Waals surface area contributed by atoms with Gasteiger partial charge in [-0.1, -0.05) is 5.21 Å². The van der Waals surface area contributed by atoms with Gasteiger partial charge in [0, 0.05) is 13.1 Å². The first-order chi connectivity index (χ1) is 13.1. The van der Waals surface area contributed by atoms with Gasteiger partial charge in [-0.05, 0) is 50.7 Å². The van der Waals surface area contributed by atoms with Crippen LogP contribution >= 0.6 is 0 Å². The first-order valence-electron chi connectivity index (χ1n) is 9.44. The summed E-state index contributed by atoms with van der Waals surface area (Å²) in [5, 5.41) is 8.71. The van der Waals surface area contributed by atoms with E-state index in [1.54, 1.807) is 4.90 Å². The molecule has 0 saturated carbocycles. The van der Waals surface area contributed by atoms with Crippen molar-refractivity contribution in [3.05, 3.63) is 34.9 Å². The standard InChI is InChI=1S/C19H24FN5O2/c1-27-16-7-6-13(18(21)17(16)20)19(26)24-10-8-12(9-11-24)25-15-5-3-2-4-14(15)22-23-25/h6-7,12H,2-5,8-11,21H2,1H3. The van der Waals surface area contributed by atoms with Gasteiger partial charge in [-0.15, -0.1) is 5.10 Å². The van der Waals surface area contributed by atoms with Crippen LogP contribution in [0.25, 0.3) is 0 Å². The van der Waals surface area contributed by atoms with Crippen molar-refractivity contribution in [1.82, 2.24) is 19.9 Å². The van der Waals surface area contributed by atoms with Crippen LogP contribution in [0.3, 0.4) is 0 Å². The zero-order valence-electron chi connectivity index (χ0n) is 15.4. The number of halogens is 1. The van der Waals surface area contributed by atoms with E-state index >= 15 is 0 Å². The molecule has 1 aliphatic heterocycles. The molecule has 0 spiro atoms. The maximum absolute atomic E-state index is 14.2. The Kier molecular flexibility index (Phi) is 4.72. The average Bonchev–Trinajstić information content (AvgIpc) is 3.14. The van der Waals surface area contributed by atoms with Crippen molar-refractivity contribution in [2.75, 3.05) is 25.9 Å². The Balaban J connectivity index is 1.46. The molecule has 0 radical (unpaired) electrons. The van der Waals surface area contributed by atoms with Gasteiger partial charge < -0.3 is 15.4 Å². The first-order valence-corrected chi connectivity index (χ1v) is 9.44. The summed E-state index contributed by atoms with van der Waals surface area (Å²) in [6.07, 6.45) is 6.01. The van der Waals surface area contributed by atoms with Crippen LogP contribution in [0.1, 0.15) is 53.5 Å². The number of hydrogen-bond acceptors (Lipinski definition) is 5. The Bertz CT molecular complexity index is 858. The fraction of sp³-hybridized carbons (Fsp3) is 0.526. The second-order valence-corrected chi connectivity index (χ2v) is 7.20. The number of rotatable bonds is 3. The van der Waals surface area contributed by atoms with Crippen molar-refractivity contribution in [3.63, 3.8) is 0 Å². The number of fused-ring (bicyclic) bond motifs is 1. The molecule has 27 heavy (non-hydrogen) atoms. The number of aromatic nitrogens is 3. The molecule has 1 saturated heterocycles. The Hall–Kier alpha value is -2.64. The zero-order valence-corrected chi connectivity index (χ0v) is 15.4. The smallest absolute Gasteiger partial charge is 0.256 e. The quantitative estimate of drug-likeness (QED) is 0.835. The second kappa shape index (κ2) is 7.17. The topological polar surface area (TPSA) is 86.3 Å². The number of amides is 1. The van der Waals surface area contributed by atoms with Crippen LogP contribution < -0.4 is 10.5 Å². The Morgan fingerprint density at radius 3 is 2.74 bits per heavy atom. The number of methoxy groups -OCH3 is 1. The molecule has 144 valence electrons. The molecule has 1 amide bonds. The van der Waals surface area contributed by atoms with Gasteiger partial charge in [0.25, 0.3) is 5.91 Å². The fourth-order valence-corrected chi connectivity index (χ4v) is 4.08. The minimum atomic E-state index is -0.688. The van der Waals surface area contributed by atoms with Gasteiger partial charge in [-0.25, -0.2) is 9.07 Å². The number of hydrogen-bond donors (Lipinski definition) is 1. The lowest BCUT2D eigenvalue weighted by molar-refractivity contribution is 0.0688. The number of anilines is 1. The lowest BCUT2D eigenvalue weighted by Crippen LogP contribution is -2.40. The highest BCUT2D eigenvalue weighted by atomic mass is 19.1. The van der Waals surface area contributed by atoms with Crippen molar-refractivity contribution in [1.29, 1.82) is 0 Å². The lowest BCUT2D eigenvalue weighted by atomic mass is 9.98. The van der Waals surface area contributed by atoms with Gasteiger partial charge >= 0.3 is 0 Å². The van der Waals surface area contributed by atoms with Gasteiger partial charge in [-0.2, -0.15) is 0 Å². The van der Waals surface area contributed by atoms with E-state index in [1.807, 2.05) is 0 Å². The van der Waals surface area contributed by atoms with Crippen molar-refractivity contribution < 1.29 is 13.9 Å². The van der Waals surface area contributed by atoms with Gasteiger partial charge in [0.1, 0.15) is 0 Å². The van der Waals surface area contributed by atoms with Gasteiger partial charge in [0.05, 0.1) is 35.8 Å². The molecule has 2 N–H and O–H groups in total. The molecule has 2 aromatic rings. The molecular formula is C19H24FN5O2. The molecule has 7 nitrogen and oxygen atoms in total. The monoisotopic (exact) mass is 373 g/mol. The van der Waals surface area contributed by atoms with Crippen LogP contribution in [-0.4, -0.2) is 46.0 Å². The third kappa shape index (κ3) is 3.13. The fourth-order valence-electron chi connectivity index (χ4n) is 4.08. The number of aryl methyl sites for hydroxylation is 1. The molecule has 2 aliphatic rings. The first kappa shape index (κ1) is 17.8. The van der Waals surface area contributed by atoms with Crippen LogP contribution in [0.15, 0.2) is 12.1 Å². The number of nitrogens with two attached hydrogens (primary N) is 1. The number of carbonyl (C=O) groups excluding carboxylic acids is 1. The molecule has 4 rings (SSSR count). The summed E-state index contributed by atoms with van der Waals surface area (Å²) in [6.45, 7) is 1.18. The number of likely N-dealkylation sites (tertiary alicyclic amines) is 1. The largest absolute Gasteiger partial charge is 0.494 e. The number of carbonyl (C=O) groups is 1. The molecule has 8 heteroatoms. The maximum atomic E-state index is 14.2.